The first kappa shape index (κ1) is 16.6. The lowest BCUT2D eigenvalue weighted by Crippen LogP contribution is -2.50. The van der Waals surface area contributed by atoms with Gasteiger partial charge in [0.25, 0.3) is 0 Å². The summed E-state index contributed by atoms with van der Waals surface area (Å²) in [5, 5.41) is 1.86. The van der Waals surface area contributed by atoms with E-state index in [2.05, 4.69) is 16.0 Å². The van der Waals surface area contributed by atoms with Crippen LogP contribution >= 0.6 is 11.3 Å². The quantitative estimate of drug-likeness (QED) is 0.663. The minimum absolute atomic E-state index is 0.0387. The van der Waals surface area contributed by atoms with Gasteiger partial charge < -0.3 is 9.64 Å². The van der Waals surface area contributed by atoms with E-state index >= 15 is 0 Å². The van der Waals surface area contributed by atoms with Gasteiger partial charge in [-0.15, -0.1) is 11.3 Å². The number of carbonyl (C=O) groups is 1. The molecule has 1 saturated heterocycles. The molecule has 5 nitrogen and oxygen atoms in total. The van der Waals surface area contributed by atoms with Gasteiger partial charge in [0.2, 0.25) is 5.78 Å². The molecule has 0 unspecified atom stereocenters. The fourth-order valence-electron chi connectivity index (χ4n) is 4.09. The number of methoxy groups -OCH3 is 1. The van der Waals surface area contributed by atoms with Gasteiger partial charge >= 0.3 is 0 Å². The van der Waals surface area contributed by atoms with Crippen LogP contribution < -0.4 is 4.90 Å². The Hall–Kier alpha value is -2.57. The van der Waals surface area contributed by atoms with Crippen LogP contribution in [0.1, 0.15) is 27.2 Å². The summed E-state index contributed by atoms with van der Waals surface area (Å²) in [6, 6.07) is 10.1. The molecule has 1 atom stereocenters. The number of amidine groups is 1. The molecule has 6 heteroatoms. The normalized spacial score (nSPS) is 21.4. The maximum atomic E-state index is 13.4. The van der Waals surface area contributed by atoms with Crippen LogP contribution in [-0.2, 0) is 4.74 Å². The number of aliphatic imine (C=N–C) groups is 1. The molecule has 5 rings (SSSR count). The maximum Gasteiger partial charge on any atom is 0.205 e. The van der Waals surface area contributed by atoms with E-state index in [1.807, 2.05) is 38.1 Å². The van der Waals surface area contributed by atoms with Crippen molar-refractivity contribution in [1.82, 2.24) is 4.98 Å². The van der Waals surface area contributed by atoms with Crippen molar-refractivity contribution in [2.45, 2.75) is 25.9 Å². The van der Waals surface area contributed by atoms with E-state index in [-0.39, 0.29) is 5.78 Å². The minimum atomic E-state index is -0.991. The Kier molecular flexibility index (Phi) is 3.51. The molecule has 4 heterocycles. The number of rotatable bonds is 2. The van der Waals surface area contributed by atoms with Gasteiger partial charge in [0.05, 0.1) is 11.1 Å². The van der Waals surface area contributed by atoms with Crippen LogP contribution in [0.4, 0.5) is 10.7 Å². The monoisotopic (exact) mass is 377 g/mol. The number of benzene rings is 1. The van der Waals surface area contributed by atoms with Crippen LogP contribution in [0.2, 0.25) is 0 Å². The molecule has 0 N–H and O–H groups in total. The first-order chi connectivity index (χ1) is 13.0. The number of hydrogen-bond donors (Lipinski definition) is 0. The van der Waals surface area contributed by atoms with Crippen LogP contribution in [-0.4, -0.2) is 35.9 Å². The number of thiophene rings is 1. The molecular formula is C21H19N3O2S. The second-order valence-electron chi connectivity index (χ2n) is 7.04. The topological polar surface area (TPSA) is 54.8 Å². The van der Waals surface area contributed by atoms with Crippen LogP contribution in [0.5, 0.6) is 0 Å². The summed E-state index contributed by atoms with van der Waals surface area (Å²) in [4.78, 5) is 26.0. The van der Waals surface area contributed by atoms with Crippen molar-refractivity contribution < 1.29 is 9.53 Å². The van der Waals surface area contributed by atoms with Gasteiger partial charge in [-0.1, -0.05) is 6.07 Å². The fraction of sp³-hybridized carbons (Fsp3) is 0.286. The zero-order valence-corrected chi connectivity index (χ0v) is 16.3. The lowest BCUT2D eigenvalue weighted by atomic mass is 9.87. The smallest absolute Gasteiger partial charge is 0.205 e. The molecule has 136 valence electrons. The zero-order valence-electron chi connectivity index (χ0n) is 15.4. The third-order valence-corrected chi connectivity index (χ3v) is 6.82. The number of aryl methyl sites for hydroxylation is 1. The van der Waals surface area contributed by atoms with Gasteiger partial charge in [-0.25, -0.2) is 4.99 Å². The molecular weight excluding hydrogens is 358 g/mol. The van der Waals surface area contributed by atoms with E-state index in [4.69, 9.17) is 9.73 Å². The SMILES string of the molecule is CO[C@@]12CCN(c3ccc4ncccc4c3)C1=Nc1sc(C)c(C)c1C2=O. The maximum absolute atomic E-state index is 13.4. The lowest BCUT2D eigenvalue weighted by molar-refractivity contribution is 0.0388. The van der Waals surface area contributed by atoms with Gasteiger partial charge in [0.1, 0.15) is 5.00 Å². The summed E-state index contributed by atoms with van der Waals surface area (Å²) in [5.74, 6) is 0.740. The predicted molar refractivity (Wildman–Crippen MR) is 109 cm³/mol. The Morgan fingerprint density at radius 2 is 2.11 bits per heavy atom. The Morgan fingerprint density at radius 3 is 2.93 bits per heavy atom. The number of hydrogen-bond acceptors (Lipinski definition) is 6. The van der Waals surface area contributed by atoms with Crippen LogP contribution in [0.25, 0.3) is 10.9 Å². The second kappa shape index (κ2) is 5.71. The van der Waals surface area contributed by atoms with Gasteiger partial charge in [-0.2, -0.15) is 0 Å². The van der Waals surface area contributed by atoms with Gasteiger partial charge in [0.15, 0.2) is 11.4 Å². The highest BCUT2D eigenvalue weighted by Gasteiger charge is 2.55. The number of Topliss-reactive ketones (excluding diaryl/α,β-unsaturated/α-hetero) is 1. The van der Waals surface area contributed by atoms with Crippen molar-refractivity contribution in [1.29, 1.82) is 0 Å². The molecule has 2 aliphatic heterocycles. The Bertz CT molecular complexity index is 1130. The first-order valence-electron chi connectivity index (χ1n) is 8.96. The van der Waals surface area contributed by atoms with E-state index in [9.17, 15) is 4.79 Å². The molecule has 2 aliphatic rings. The minimum Gasteiger partial charge on any atom is -0.362 e. The van der Waals surface area contributed by atoms with Crippen molar-refractivity contribution in [2.24, 2.45) is 4.99 Å². The number of aromatic nitrogens is 1. The number of pyridine rings is 1. The molecule has 0 aliphatic carbocycles. The summed E-state index contributed by atoms with van der Waals surface area (Å²) in [7, 11) is 1.61. The van der Waals surface area contributed by atoms with Crippen molar-refractivity contribution in [3.63, 3.8) is 0 Å². The van der Waals surface area contributed by atoms with Crippen molar-refractivity contribution in [3.05, 3.63) is 52.5 Å². The van der Waals surface area contributed by atoms with Crippen molar-refractivity contribution in [3.8, 4) is 0 Å². The molecule has 3 aromatic rings. The number of fused-ring (bicyclic) bond motifs is 3. The lowest BCUT2D eigenvalue weighted by Gasteiger charge is -2.32. The average molecular weight is 377 g/mol. The number of ketones is 1. The molecule has 0 spiro atoms. The Balaban J connectivity index is 1.68. The number of nitrogens with zero attached hydrogens (tertiary/aromatic N) is 3. The van der Waals surface area contributed by atoms with E-state index in [0.717, 1.165) is 37.6 Å². The molecule has 0 bridgehead atoms. The van der Waals surface area contributed by atoms with Crippen LogP contribution in [0.3, 0.4) is 0 Å². The van der Waals surface area contributed by atoms with Gasteiger partial charge in [-0.05, 0) is 43.7 Å². The van der Waals surface area contributed by atoms with Gasteiger partial charge in [0, 0.05) is 42.2 Å². The second-order valence-corrected chi connectivity index (χ2v) is 8.24. The van der Waals surface area contributed by atoms with E-state index in [1.54, 1.807) is 24.6 Å². The zero-order chi connectivity index (χ0) is 18.8. The summed E-state index contributed by atoms with van der Waals surface area (Å²) >= 11 is 1.58. The molecule has 1 aromatic carbocycles. The van der Waals surface area contributed by atoms with Crippen LogP contribution in [0.15, 0.2) is 41.5 Å². The predicted octanol–water partition coefficient (Wildman–Crippen LogP) is 4.43. The number of anilines is 1. The third-order valence-electron chi connectivity index (χ3n) is 5.72. The highest BCUT2D eigenvalue weighted by atomic mass is 32.1. The van der Waals surface area contributed by atoms with E-state index in [0.29, 0.717) is 18.8 Å². The molecule has 27 heavy (non-hydrogen) atoms. The summed E-state index contributed by atoms with van der Waals surface area (Å²) < 4.78 is 5.85. The van der Waals surface area contributed by atoms with E-state index in [1.165, 1.54) is 0 Å². The largest absolute Gasteiger partial charge is 0.362 e. The molecule has 0 amide bonds. The highest BCUT2D eigenvalue weighted by molar-refractivity contribution is 7.16. The Labute approximate surface area is 161 Å². The van der Waals surface area contributed by atoms with Gasteiger partial charge in [-0.3, -0.25) is 9.78 Å². The molecule has 2 aromatic heterocycles. The summed E-state index contributed by atoms with van der Waals surface area (Å²) in [5.41, 5.74) is 2.72. The third kappa shape index (κ3) is 2.17. The highest BCUT2D eigenvalue weighted by Crippen LogP contribution is 2.46. The first-order valence-corrected chi connectivity index (χ1v) is 9.78. The molecule has 0 radical (unpaired) electrons. The number of carbonyl (C=O) groups excluding carboxylic acids is 1. The number of ether oxygens (including phenoxy) is 1. The standard InChI is InChI=1S/C21H19N3O2S/c1-12-13(2)27-19-17(12)18(25)21(26-3)8-10-24(20(21)23-19)15-6-7-16-14(11-15)5-4-9-22-16/h4-7,9,11H,8,10H2,1-3H3/t21-/m1/s1. The van der Waals surface area contributed by atoms with Crippen molar-refractivity contribution in [2.75, 3.05) is 18.6 Å². The summed E-state index contributed by atoms with van der Waals surface area (Å²) in [6.07, 6.45) is 2.39. The van der Waals surface area contributed by atoms with Crippen LogP contribution in [0, 0.1) is 13.8 Å². The molecule has 0 saturated carbocycles. The van der Waals surface area contributed by atoms with E-state index < -0.39 is 5.60 Å². The molecule has 1 fully saturated rings. The average Bonchev–Trinajstić information content (AvgIpc) is 3.20. The van der Waals surface area contributed by atoms with Crippen molar-refractivity contribution >= 4 is 44.5 Å². The summed E-state index contributed by atoms with van der Waals surface area (Å²) in [6.45, 7) is 4.72. The fourth-order valence-corrected chi connectivity index (χ4v) is 5.12. The Morgan fingerprint density at radius 1 is 1.26 bits per heavy atom.